The Morgan fingerprint density at radius 2 is 1.94 bits per heavy atom. The van der Waals surface area contributed by atoms with Crippen LogP contribution in [-0.2, 0) is 9.53 Å². The molecule has 0 radical (unpaired) electrons. The van der Waals surface area contributed by atoms with Gasteiger partial charge in [-0.05, 0) is 13.5 Å². The second-order valence-corrected chi connectivity index (χ2v) is 4.62. The monoisotopic (exact) mass is 228 g/mol. The lowest BCUT2D eigenvalue weighted by Gasteiger charge is -2.32. The molecule has 1 fully saturated rings. The van der Waals surface area contributed by atoms with Gasteiger partial charge in [-0.1, -0.05) is 13.8 Å². The van der Waals surface area contributed by atoms with Crippen LogP contribution in [0.4, 0.5) is 0 Å². The van der Waals surface area contributed by atoms with Crippen LogP contribution < -0.4 is 0 Å². The molecule has 1 unspecified atom stereocenters. The lowest BCUT2D eigenvalue weighted by molar-refractivity contribution is -0.148. The number of hydrogen-bond acceptors (Lipinski definition) is 4. The normalized spacial score (nSPS) is 20.7. The quantitative estimate of drug-likeness (QED) is 0.652. The molecule has 4 nitrogen and oxygen atoms in total. The lowest BCUT2D eigenvalue weighted by atomic mass is 10.1. The number of hydrogen-bond donors (Lipinski definition) is 0. The molecule has 94 valence electrons. The Morgan fingerprint density at radius 3 is 2.50 bits per heavy atom. The van der Waals surface area contributed by atoms with Gasteiger partial charge in [0.2, 0.25) is 0 Å². The average Bonchev–Trinajstić information content (AvgIpc) is 2.30. The van der Waals surface area contributed by atoms with Gasteiger partial charge in [0.05, 0.1) is 5.92 Å². The summed E-state index contributed by atoms with van der Waals surface area (Å²) in [6.07, 6.45) is 0.855. The molecule has 1 atom stereocenters. The van der Waals surface area contributed by atoms with E-state index in [1.807, 2.05) is 13.8 Å². The highest BCUT2D eigenvalue weighted by Gasteiger charge is 2.15. The average molecular weight is 228 g/mol. The van der Waals surface area contributed by atoms with E-state index in [0.29, 0.717) is 6.61 Å². The van der Waals surface area contributed by atoms with Crippen molar-refractivity contribution in [1.82, 2.24) is 9.80 Å². The fourth-order valence-corrected chi connectivity index (χ4v) is 1.66. The largest absolute Gasteiger partial charge is 0.464 e. The topological polar surface area (TPSA) is 32.8 Å². The number of carbonyl (C=O) groups excluding carboxylic acids is 1. The Labute approximate surface area is 98.5 Å². The SMILES string of the molecule is CCC(C)C(=O)OCCN1CCN(C)CC1. The van der Waals surface area contributed by atoms with Crippen LogP contribution in [0.3, 0.4) is 0 Å². The number of carbonyl (C=O) groups is 1. The summed E-state index contributed by atoms with van der Waals surface area (Å²) in [4.78, 5) is 16.1. The van der Waals surface area contributed by atoms with Crippen molar-refractivity contribution in [3.05, 3.63) is 0 Å². The fourth-order valence-electron chi connectivity index (χ4n) is 1.66. The highest BCUT2D eigenvalue weighted by molar-refractivity contribution is 5.71. The van der Waals surface area contributed by atoms with Crippen molar-refractivity contribution in [3.63, 3.8) is 0 Å². The van der Waals surface area contributed by atoms with E-state index in [4.69, 9.17) is 4.74 Å². The molecule has 0 aliphatic carbocycles. The third-order valence-electron chi connectivity index (χ3n) is 3.26. The number of piperazine rings is 1. The van der Waals surface area contributed by atoms with Crippen LogP contribution in [0.15, 0.2) is 0 Å². The Hall–Kier alpha value is -0.610. The first kappa shape index (κ1) is 13.5. The Balaban J connectivity index is 2.09. The van der Waals surface area contributed by atoms with Crippen LogP contribution in [-0.4, -0.2) is 62.1 Å². The standard InChI is InChI=1S/C12H24N2O2/c1-4-11(2)12(15)16-10-9-14-7-5-13(3)6-8-14/h11H,4-10H2,1-3H3. The Bertz CT molecular complexity index is 213. The van der Waals surface area contributed by atoms with E-state index < -0.39 is 0 Å². The van der Waals surface area contributed by atoms with E-state index in [0.717, 1.165) is 39.1 Å². The number of ether oxygens (including phenoxy) is 1. The first-order chi connectivity index (χ1) is 7.63. The summed E-state index contributed by atoms with van der Waals surface area (Å²) in [7, 11) is 2.14. The molecule has 0 aromatic rings. The van der Waals surface area contributed by atoms with Crippen LogP contribution in [0.25, 0.3) is 0 Å². The number of rotatable bonds is 5. The molecule has 0 N–H and O–H groups in total. The molecular formula is C12H24N2O2. The van der Waals surface area contributed by atoms with Gasteiger partial charge in [0.25, 0.3) is 0 Å². The molecule has 1 aliphatic rings. The molecule has 16 heavy (non-hydrogen) atoms. The van der Waals surface area contributed by atoms with Crippen molar-refractivity contribution in [1.29, 1.82) is 0 Å². The van der Waals surface area contributed by atoms with E-state index in [1.54, 1.807) is 0 Å². The van der Waals surface area contributed by atoms with Gasteiger partial charge < -0.3 is 9.64 Å². The van der Waals surface area contributed by atoms with E-state index in [2.05, 4.69) is 16.8 Å². The zero-order chi connectivity index (χ0) is 12.0. The second-order valence-electron chi connectivity index (χ2n) is 4.62. The van der Waals surface area contributed by atoms with Gasteiger partial charge in [-0.2, -0.15) is 0 Å². The van der Waals surface area contributed by atoms with Gasteiger partial charge in [0.1, 0.15) is 6.61 Å². The summed E-state index contributed by atoms with van der Waals surface area (Å²) in [5, 5.41) is 0. The van der Waals surface area contributed by atoms with Gasteiger partial charge in [-0.3, -0.25) is 9.69 Å². The molecule has 1 heterocycles. The van der Waals surface area contributed by atoms with Crippen LogP contribution in [0.5, 0.6) is 0 Å². The first-order valence-electron chi connectivity index (χ1n) is 6.21. The molecule has 4 heteroatoms. The third kappa shape index (κ3) is 4.49. The van der Waals surface area contributed by atoms with Crippen LogP contribution >= 0.6 is 0 Å². The van der Waals surface area contributed by atoms with Gasteiger partial charge in [-0.15, -0.1) is 0 Å². The number of likely N-dealkylation sites (N-methyl/N-ethyl adjacent to an activating group) is 1. The minimum absolute atomic E-state index is 0.0347. The van der Waals surface area contributed by atoms with Gasteiger partial charge in [0, 0.05) is 32.7 Å². The molecule has 1 aliphatic heterocycles. The Morgan fingerprint density at radius 1 is 1.31 bits per heavy atom. The summed E-state index contributed by atoms with van der Waals surface area (Å²) < 4.78 is 5.23. The van der Waals surface area contributed by atoms with E-state index >= 15 is 0 Å². The van der Waals surface area contributed by atoms with Crippen molar-refractivity contribution in [2.75, 3.05) is 46.4 Å². The summed E-state index contributed by atoms with van der Waals surface area (Å²) in [6, 6.07) is 0. The number of nitrogens with zero attached hydrogens (tertiary/aromatic N) is 2. The minimum Gasteiger partial charge on any atom is -0.464 e. The Kier molecular flexibility index (Phi) is 5.77. The summed E-state index contributed by atoms with van der Waals surface area (Å²) in [5.74, 6) is -0.0240. The van der Waals surface area contributed by atoms with Crippen LogP contribution in [0.1, 0.15) is 20.3 Å². The van der Waals surface area contributed by atoms with Gasteiger partial charge in [0.15, 0.2) is 0 Å². The maximum absolute atomic E-state index is 11.4. The van der Waals surface area contributed by atoms with Gasteiger partial charge in [-0.25, -0.2) is 0 Å². The van der Waals surface area contributed by atoms with E-state index in [-0.39, 0.29) is 11.9 Å². The zero-order valence-corrected chi connectivity index (χ0v) is 10.7. The first-order valence-corrected chi connectivity index (χ1v) is 6.21. The van der Waals surface area contributed by atoms with Gasteiger partial charge >= 0.3 is 5.97 Å². The molecule has 0 aromatic heterocycles. The van der Waals surface area contributed by atoms with Crippen molar-refractivity contribution in [2.24, 2.45) is 5.92 Å². The highest BCUT2D eigenvalue weighted by atomic mass is 16.5. The maximum Gasteiger partial charge on any atom is 0.308 e. The van der Waals surface area contributed by atoms with E-state index in [1.165, 1.54) is 0 Å². The minimum atomic E-state index is -0.0587. The fraction of sp³-hybridized carbons (Fsp3) is 0.917. The molecule has 0 aromatic carbocycles. The zero-order valence-electron chi connectivity index (χ0n) is 10.7. The molecule has 1 rings (SSSR count). The molecular weight excluding hydrogens is 204 g/mol. The molecule has 1 saturated heterocycles. The lowest BCUT2D eigenvalue weighted by Crippen LogP contribution is -2.45. The summed E-state index contributed by atoms with van der Waals surface area (Å²) >= 11 is 0. The van der Waals surface area contributed by atoms with E-state index in [9.17, 15) is 4.79 Å². The van der Waals surface area contributed by atoms with Crippen LogP contribution in [0.2, 0.25) is 0 Å². The maximum atomic E-state index is 11.4. The smallest absolute Gasteiger partial charge is 0.308 e. The van der Waals surface area contributed by atoms with Crippen molar-refractivity contribution < 1.29 is 9.53 Å². The number of esters is 1. The molecule has 0 spiro atoms. The predicted octanol–water partition coefficient (Wildman–Crippen LogP) is 0.823. The molecule has 0 bridgehead atoms. The van der Waals surface area contributed by atoms with Crippen molar-refractivity contribution >= 4 is 5.97 Å². The molecule has 0 amide bonds. The van der Waals surface area contributed by atoms with Crippen LogP contribution in [0, 0.1) is 5.92 Å². The predicted molar refractivity (Wildman–Crippen MR) is 64.4 cm³/mol. The van der Waals surface area contributed by atoms with Crippen molar-refractivity contribution in [2.45, 2.75) is 20.3 Å². The summed E-state index contributed by atoms with van der Waals surface area (Å²) in [6.45, 7) is 9.71. The second kappa shape index (κ2) is 6.86. The summed E-state index contributed by atoms with van der Waals surface area (Å²) in [5.41, 5.74) is 0. The molecule has 0 saturated carbocycles. The third-order valence-corrected chi connectivity index (χ3v) is 3.26. The highest BCUT2D eigenvalue weighted by Crippen LogP contribution is 2.04. The van der Waals surface area contributed by atoms with Crippen molar-refractivity contribution in [3.8, 4) is 0 Å².